The molecule has 1 N–H and O–H groups in total. The lowest BCUT2D eigenvalue weighted by molar-refractivity contribution is -0.140. The van der Waals surface area contributed by atoms with Crippen LogP contribution in [-0.2, 0) is 22.4 Å². The van der Waals surface area contributed by atoms with Crippen molar-refractivity contribution in [1.29, 1.82) is 0 Å². The highest BCUT2D eigenvalue weighted by Gasteiger charge is 2.30. The molecule has 1 aliphatic rings. The lowest BCUT2D eigenvalue weighted by Crippen LogP contribution is -2.52. The number of hydrogen-bond acceptors (Lipinski definition) is 2. The first-order valence-electron chi connectivity index (χ1n) is 11.1. The molecule has 4 nitrogen and oxygen atoms in total. The van der Waals surface area contributed by atoms with Crippen LogP contribution in [0, 0.1) is 0 Å². The molecule has 0 bridgehead atoms. The largest absolute Gasteiger partial charge is 0.352 e. The summed E-state index contributed by atoms with van der Waals surface area (Å²) in [7, 11) is 0. The van der Waals surface area contributed by atoms with Gasteiger partial charge >= 0.3 is 0 Å². The molecule has 0 saturated heterocycles. The zero-order valence-corrected chi connectivity index (χ0v) is 19.5. The Bertz CT molecular complexity index is 882. The quantitative estimate of drug-likeness (QED) is 0.540. The number of carbonyl (C=O) groups is 2. The Hall–Kier alpha value is -2.04. The molecular formula is C25H30Cl2N2O2. The van der Waals surface area contributed by atoms with Gasteiger partial charge in [0.2, 0.25) is 11.8 Å². The predicted molar refractivity (Wildman–Crippen MR) is 127 cm³/mol. The van der Waals surface area contributed by atoms with Crippen LogP contribution in [-0.4, -0.2) is 35.3 Å². The Kier molecular flexibility index (Phi) is 8.79. The maximum Gasteiger partial charge on any atom is 0.243 e. The summed E-state index contributed by atoms with van der Waals surface area (Å²) in [6.07, 6.45) is 5.78. The second-order valence-electron chi connectivity index (χ2n) is 8.16. The molecule has 166 valence electrons. The minimum atomic E-state index is -0.486. The second kappa shape index (κ2) is 11.5. The fourth-order valence-corrected chi connectivity index (χ4v) is 4.51. The predicted octanol–water partition coefficient (Wildman–Crippen LogP) is 5.44. The minimum Gasteiger partial charge on any atom is -0.352 e. The summed E-state index contributed by atoms with van der Waals surface area (Å²) in [5.41, 5.74) is 1.93. The van der Waals surface area contributed by atoms with E-state index in [1.807, 2.05) is 37.3 Å². The van der Waals surface area contributed by atoms with Gasteiger partial charge in [0.15, 0.2) is 0 Å². The van der Waals surface area contributed by atoms with Crippen LogP contribution in [0.5, 0.6) is 0 Å². The molecule has 6 heteroatoms. The summed E-state index contributed by atoms with van der Waals surface area (Å²) in [6.45, 7) is 2.45. The van der Waals surface area contributed by atoms with E-state index in [0.717, 1.165) is 36.8 Å². The van der Waals surface area contributed by atoms with Gasteiger partial charge in [-0.05, 0) is 48.9 Å². The van der Waals surface area contributed by atoms with Crippen LogP contribution in [0.3, 0.4) is 0 Å². The van der Waals surface area contributed by atoms with Gasteiger partial charge in [-0.3, -0.25) is 9.59 Å². The molecule has 1 aliphatic carbocycles. The van der Waals surface area contributed by atoms with Crippen molar-refractivity contribution in [2.24, 2.45) is 0 Å². The molecule has 2 amide bonds. The molecule has 0 aliphatic heterocycles. The molecule has 1 unspecified atom stereocenters. The molecule has 2 aromatic rings. The first-order valence-corrected chi connectivity index (χ1v) is 11.8. The number of hydrogen-bond donors (Lipinski definition) is 1. The molecule has 0 aromatic heterocycles. The van der Waals surface area contributed by atoms with Crippen LogP contribution >= 0.6 is 23.2 Å². The number of nitrogens with one attached hydrogen (secondary N) is 1. The number of rotatable bonds is 9. The van der Waals surface area contributed by atoms with Crippen LogP contribution in [0.4, 0.5) is 0 Å². The summed E-state index contributed by atoms with van der Waals surface area (Å²) in [5.74, 6) is -0.132. The Morgan fingerprint density at radius 3 is 2.39 bits per heavy atom. The van der Waals surface area contributed by atoms with Crippen molar-refractivity contribution in [3.8, 4) is 0 Å². The van der Waals surface area contributed by atoms with Gasteiger partial charge in [0.25, 0.3) is 0 Å². The normalized spacial score (nSPS) is 14.9. The first-order chi connectivity index (χ1) is 15.0. The molecule has 0 spiro atoms. The van der Waals surface area contributed by atoms with Gasteiger partial charge in [0.1, 0.15) is 6.04 Å². The molecule has 1 saturated carbocycles. The van der Waals surface area contributed by atoms with Crippen molar-refractivity contribution in [2.75, 3.05) is 6.54 Å². The third-order valence-electron chi connectivity index (χ3n) is 5.91. The lowest BCUT2D eigenvalue weighted by atomic mass is 10.1. The zero-order valence-electron chi connectivity index (χ0n) is 17.9. The van der Waals surface area contributed by atoms with Gasteiger partial charge in [0.05, 0.1) is 16.5 Å². The van der Waals surface area contributed by atoms with Gasteiger partial charge < -0.3 is 10.2 Å². The summed E-state index contributed by atoms with van der Waals surface area (Å²) >= 11 is 12.1. The van der Waals surface area contributed by atoms with E-state index in [1.165, 1.54) is 0 Å². The molecule has 31 heavy (non-hydrogen) atoms. The monoisotopic (exact) mass is 460 g/mol. The summed E-state index contributed by atoms with van der Waals surface area (Å²) in [5, 5.41) is 4.06. The maximum atomic E-state index is 13.3. The van der Waals surface area contributed by atoms with E-state index in [9.17, 15) is 9.59 Å². The topological polar surface area (TPSA) is 49.4 Å². The highest BCUT2D eigenvalue weighted by Crippen LogP contribution is 2.24. The van der Waals surface area contributed by atoms with E-state index in [2.05, 4.69) is 5.32 Å². The zero-order chi connectivity index (χ0) is 22.2. The fraction of sp³-hybridized carbons (Fsp3) is 0.440. The van der Waals surface area contributed by atoms with Gasteiger partial charge in [-0.2, -0.15) is 0 Å². The van der Waals surface area contributed by atoms with Gasteiger partial charge in [-0.25, -0.2) is 0 Å². The van der Waals surface area contributed by atoms with E-state index in [4.69, 9.17) is 23.2 Å². The summed E-state index contributed by atoms with van der Waals surface area (Å²) in [4.78, 5) is 28.2. The third kappa shape index (κ3) is 6.72. The van der Waals surface area contributed by atoms with Crippen LogP contribution in [0.2, 0.25) is 10.0 Å². The molecule has 0 radical (unpaired) electrons. The highest BCUT2D eigenvalue weighted by molar-refractivity contribution is 6.42. The lowest BCUT2D eigenvalue weighted by Gasteiger charge is -2.31. The number of halogens is 2. The Morgan fingerprint density at radius 2 is 1.74 bits per heavy atom. The molecule has 0 heterocycles. The Morgan fingerprint density at radius 1 is 1.03 bits per heavy atom. The smallest absolute Gasteiger partial charge is 0.243 e. The average Bonchev–Trinajstić information content (AvgIpc) is 3.27. The van der Waals surface area contributed by atoms with E-state index in [1.54, 1.807) is 23.1 Å². The van der Waals surface area contributed by atoms with Crippen LogP contribution < -0.4 is 5.32 Å². The molecule has 3 rings (SSSR count). The van der Waals surface area contributed by atoms with Crippen molar-refractivity contribution in [1.82, 2.24) is 10.2 Å². The number of carbonyl (C=O) groups excluding carboxylic acids is 2. The SMILES string of the molecule is CCC(C(=O)NC1CCCC1)N(CCc1ccccc1)C(=O)Cc1ccc(Cl)c(Cl)c1. The van der Waals surface area contributed by atoms with Crippen LogP contribution in [0.1, 0.15) is 50.2 Å². The van der Waals surface area contributed by atoms with E-state index in [0.29, 0.717) is 29.4 Å². The third-order valence-corrected chi connectivity index (χ3v) is 6.65. The first kappa shape index (κ1) is 23.6. The van der Waals surface area contributed by atoms with Crippen molar-refractivity contribution in [3.05, 3.63) is 69.7 Å². The number of amides is 2. The Labute approximate surface area is 194 Å². The van der Waals surface area contributed by atoms with Gasteiger partial charge in [-0.15, -0.1) is 0 Å². The standard InChI is InChI=1S/C25H30Cl2N2O2/c1-2-23(25(31)28-20-10-6-7-11-20)29(15-14-18-8-4-3-5-9-18)24(30)17-19-12-13-21(26)22(27)16-19/h3-5,8-9,12-13,16,20,23H,2,6-7,10-11,14-15,17H2,1H3,(H,28,31). The summed E-state index contributed by atoms with van der Waals surface area (Å²) < 4.78 is 0. The summed E-state index contributed by atoms with van der Waals surface area (Å²) in [6, 6.07) is 15.0. The average molecular weight is 461 g/mol. The van der Waals surface area contributed by atoms with E-state index >= 15 is 0 Å². The van der Waals surface area contributed by atoms with E-state index in [-0.39, 0.29) is 24.3 Å². The molecular weight excluding hydrogens is 431 g/mol. The Balaban J connectivity index is 1.76. The van der Waals surface area contributed by atoms with E-state index < -0.39 is 6.04 Å². The molecule has 1 atom stereocenters. The fourth-order valence-electron chi connectivity index (χ4n) is 4.19. The van der Waals surface area contributed by atoms with Gasteiger partial charge in [-0.1, -0.05) is 79.4 Å². The molecule has 2 aromatic carbocycles. The van der Waals surface area contributed by atoms with Gasteiger partial charge in [0, 0.05) is 12.6 Å². The van der Waals surface area contributed by atoms with Crippen molar-refractivity contribution >= 4 is 35.0 Å². The molecule has 1 fully saturated rings. The minimum absolute atomic E-state index is 0.0510. The highest BCUT2D eigenvalue weighted by atomic mass is 35.5. The maximum absolute atomic E-state index is 13.3. The number of nitrogens with zero attached hydrogens (tertiary/aromatic N) is 1. The van der Waals surface area contributed by atoms with Crippen molar-refractivity contribution in [2.45, 2.75) is 64.0 Å². The second-order valence-corrected chi connectivity index (χ2v) is 8.98. The van der Waals surface area contributed by atoms with Crippen LogP contribution in [0.15, 0.2) is 48.5 Å². The number of benzene rings is 2. The van der Waals surface area contributed by atoms with Crippen molar-refractivity contribution < 1.29 is 9.59 Å². The van der Waals surface area contributed by atoms with Crippen LogP contribution in [0.25, 0.3) is 0 Å². The van der Waals surface area contributed by atoms with Crippen molar-refractivity contribution in [3.63, 3.8) is 0 Å².